The zero-order valence-electron chi connectivity index (χ0n) is 12.7. The normalized spacial score (nSPS) is 19.6. The first-order valence-corrected chi connectivity index (χ1v) is 7.31. The van der Waals surface area contributed by atoms with Crippen molar-refractivity contribution in [3.05, 3.63) is 35.9 Å². The molecule has 110 valence electrons. The zero-order valence-corrected chi connectivity index (χ0v) is 12.7. The predicted molar refractivity (Wildman–Crippen MR) is 81.3 cm³/mol. The summed E-state index contributed by atoms with van der Waals surface area (Å²) in [5.41, 5.74) is 1.31. The summed E-state index contributed by atoms with van der Waals surface area (Å²) in [7, 11) is 5.53. The molecule has 1 aliphatic heterocycles. The number of piperidine rings is 1. The second kappa shape index (κ2) is 6.75. The van der Waals surface area contributed by atoms with Gasteiger partial charge in [-0.1, -0.05) is 30.3 Å². The molecule has 2 rings (SSSR count). The van der Waals surface area contributed by atoms with Crippen molar-refractivity contribution >= 4 is 6.03 Å². The van der Waals surface area contributed by atoms with Gasteiger partial charge in [-0.2, -0.15) is 0 Å². The van der Waals surface area contributed by atoms with Gasteiger partial charge in [0.05, 0.1) is 6.17 Å². The maximum atomic E-state index is 12.2. The average molecular weight is 275 g/mol. The van der Waals surface area contributed by atoms with Gasteiger partial charge in [-0.05, 0) is 24.8 Å². The Hall–Kier alpha value is -1.55. The van der Waals surface area contributed by atoms with Crippen LogP contribution >= 0.6 is 0 Å². The average Bonchev–Trinajstić information content (AvgIpc) is 2.47. The van der Waals surface area contributed by atoms with Crippen LogP contribution in [0.25, 0.3) is 0 Å². The van der Waals surface area contributed by atoms with E-state index in [1.807, 2.05) is 32.1 Å². The molecular formula is C16H25N3O. The monoisotopic (exact) mass is 275 g/mol. The fraction of sp³-hybridized carbons (Fsp3) is 0.562. The van der Waals surface area contributed by atoms with Crippen LogP contribution in [-0.2, 0) is 6.54 Å². The van der Waals surface area contributed by atoms with E-state index >= 15 is 0 Å². The van der Waals surface area contributed by atoms with E-state index in [4.69, 9.17) is 0 Å². The minimum Gasteiger partial charge on any atom is -0.331 e. The first-order chi connectivity index (χ1) is 9.59. The highest BCUT2D eigenvalue weighted by Crippen LogP contribution is 2.22. The Kier molecular flexibility index (Phi) is 5.01. The molecule has 1 aliphatic rings. The van der Waals surface area contributed by atoms with Gasteiger partial charge in [0, 0.05) is 34.2 Å². The number of likely N-dealkylation sites (tertiary alicyclic amines) is 1. The van der Waals surface area contributed by atoms with Crippen LogP contribution in [0.5, 0.6) is 0 Å². The molecule has 2 amide bonds. The Morgan fingerprint density at radius 1 is 1.20 bits per heavy atom. The van der Waals surface area contributed by atoms with Crippen molar-refractivity contribution in [3.63, 3.8) is 0 Å². The van der Waals surface area contributed by atoms with Gasteiger partial charge in [0.1, 0.15) is 0 Å². The molecule has 1 unspecified atom stereocenters. The van der Waals surface area contributed by atoms with E-state index < -0.39 is 0 Å². The summed E-state index contributed by atoms with van der Waals surface area (Å²) in [5.74, 6) is 0. The molecule has 0 saturated carbocycles. The number of carbonyl (C=O) groups excluding carboxylic acids is 1. The lowest BCUT2D eigenvalue weighted by atomic mass is 10.1. The summed E-state index contributed by atoms with van der Waals surface area (Å²) in [4.78, 5) is 18.1. The molecule has 0 spiro atoms. The molecule has 1 saturated heterocycles. The minimum absolute atomic E-state index is 0.0787. The number of amides is 2. The molecule has 1 fully saturated rings. The summed E-state index contributed by atoms with van der Waals surface area (Å²) >= 11 is 0. The fourth-order valence-electron chi connectivity index (χ4n) is 2.86. The van der Waals surface area contributed by atoms with Crippen LogP contribution < -0.4 is 0 Å². The van der Waals surface area contributed by atoms with Crippen molar-refractivity contribution in [1.82, 2.24) is 14.7 Å². The first-order valence-electron chi connectivity index (χ1n) is 7.31. The molecule has 1 aromatic carbocycles. The van der Waals surface area contributed by atoms with E-state index in [2.05, 4.69) is 29.2 Å². The van der Waals surface area contributed by atoms with Crippen molar-refractivity contribution in [1.29, 1.82) is 0 Å². The molecule has 0 aliphatic carbocycles. The van der Waals surface area contributed by atoms with Crippen LogP contribution in [-0.4, -0.2) is 54.6 Å². The Morgan fingerprint density at radius 2 is 1.90 bits per heavy atom. The van der Waals surface area contributed by atoms with Gasteiger partial charge in [-0.15, -0.1) is 0 Å². The number of carbonyl (C=O) groups is 1. The van der Waals surface area contributed by atoms with Crippen molar-refractivity contribution in [2.45, 2.75) is 32.0 Å². The van der Waals surface area contributed by atoms with Gasteiger partial charge in [0.2, 0.25) is 0 Å². The van der Waals surface area contributed by atoms with Gasteiger partial charge in [-0.3, -0.25) is 4.90 Å². The molecule has 1 heterocycles. The van der Waals surface area contributed by atoms with Crippen LogP contribution in [0.2, 0.25) is 0 Å². The lowest BCUT2D eigenvalue weighted by Crippen LogP contribution is -2.53. The number of hydrogen-bond donors (Lipinski definition) is 0. The Morgan fingerprint density at radius 3 is 2.55 bits per heavy atom. The third-order valence-corrected chi connectivity index (χ3v) is 3.94. The molecule has 4 heteroatoms. The molecule has 0 radical (unpaired) electrons. The largest absolute Gasteiger partial charge is 0.331 e. The van der Waals surface area contributed by atoms with Crippen molar-refractivity contribution < 1.29 is 4.79 Å². The smallest absolute Gasteiger partial charge is 0.320 e. The van der Waals surface area contributed by atoms with Crippen molar-refractivity contribution in [3.8, 4) is 0 Å². The number of nitrogens with zero attached hydrogens (tertiary/aromatic N) is 3. The van der Waals surface area contributed by atoms with Crippen LogP contribution in [0.1, 0.15) is 24.8 Å². The summed E-state index contributed by atoms with van der Waals surface area (Å²) < 4.78 is 0. The van der Waals surface area contributed by atoms with Crippen LogP contribution in [0.3, 0.4) is 0 Å². The van der Waals surface area contributed by atoms with Crippen LogP contribution in [0.4, 0.5) is 4.79 Å². The molecule has 1 aromatic rings. The van der Waals surface area contributed by atoms with Crippen LogP contribution in [0, 0.1) is 0 Å². The van der Waals surface area contributed by atoms with Gasteiger partial charge >= 0.3 is 6.03 Å². The van der Waals surface area contributed by atoms with E-state index in [1.54, 1.807) is 4.90 Å². The fourth-order valence-corrected chi connectivity index (χ4v) is 2.86. The highest BCUT2D eigenvalue weighted by Gasteiger charge is 2.29. The highest BCUT2D eigenvalue weighted by atomic mass is 16.2. The van der Waals surface area contributed by atoms with E-state index in [0.717, 1.165) is 19.5 Å². The quantitative estimate of drug-likeness (QED) is 0.848. The summed E-state index contributed by atoms with van der Waals surface area (Å²) in [5, 5.41) is 0. The van der Waals surface area contributed by atoms with E-state index in [9.17, 15) is 4.79 Å². The number of hydrogen-bond acceptors (Lipinski definition) is 2. The van der Waals surface area contributed by atoms with Gasteiger partial charge in [0.15, 0.2) is 0 Å². The third kappa shape index (κ3) is 3.51. The van der Waals surface area contributed by atoms with Crippen molar-refractivity contribution in [2.24, 2.45) is 0 Å². The molecule has 20 heavy (non-hydrogen) atoms. The molecular weight excluding hydrogens is 250 g/mol. The second-order valence-corrected chi connectivity index (χ2v) is 5.72. The summed E-state index contributed by atoms with van der Waals surface area (Å²) in [6.07, 6.45) is 3.68. The lowest BCUT2D eigenvalue weighted by Gasteiger charge is -2.41. The predicted octanol–water partition coefficient (Wildman–Crippen LogP) is 2.61. The second-order valence-electron chi connectivity index (χ2n) is 5.72. The third-order valence-electron chi connectivity index (χ3n) is 3.94. The molecule has 0 bridgehead atoms. The van der Waals surface area contributed by atoms with E-state index in [0.29, 0.717) is 0 Å². The first kappa shape index (κ1) is 14.9. The van der Waals surface area contributed by atoms with E-state index in [-0.39, 0.29) is 12.2 Å². The Labute approximate surface area is 122 Å². The van der Waals surface area contributed by atoms with Gasteiger partial charge < -0.3 is 9.80 Å². The molecule has 0 aromatic heterocycles. The summed E-state index contributed by atoms with van der Waals surface area (Å²) in [6.45, 7) is 1.97. The van der Waals surface area contributed by atoms with E-state index in [1.165, 1.54) is 18.4 Å². The van der Waals surface area contributed by atoms with Gasteiger partial charge in [-0.25, -0.2) is 4.79 Å². The van der Waals surface area contributed by atoms with Crippen LogP contribution in [0.15, 0.2) is 30.3 Å². The zero-order chi connectivity index (χ0) is 14.5. The summed E-state index contributed by atoms with van der Waals surface area (Å²) in [6, 6.07) is 10.6. The SMILES string of the molecule is CN(C)C(=O)N(C)C1CCCCN1Cc1ccccc1. The topological polar surface area (TPSA) is 26.8 Å². The van der Waals surface area contributed by atoms with Gasteiger partial charge in [0.25, 0.3) is 0 Å². The minimum atomic E-state index is 0.0787. The van der Waals surface area contributed by atoms with Crippen molar-refractivity contribution in [2.75, 3.05) is 27.7 Å². The maximum Gasteiger partial charge on any atom is 0.320 e. The molecule has 0 N–H and O–H groups in total. The molecule has 4 nitrogen and oxygen atoms in total. The standard InChI is InChI=1S/C16H25N3O/c1-17(2)16(20)18(3)15-11-7-8-12-19(15)13-14-9-5-4-6-10-14/h4-6,9-10,15H,7-8,11-13H2,1-3H3. The Balaban J connectivity index is 2.07. The highest BCUT2D eigenvalue weighted by molar-refractivity contribution is 5.73. The molecule has 1 atom stereocenters. The number of rotatable bonds is 3. The number of benzene rings is 1. The Bertz CT molecular complexity index is 433. The maximum absolute atomic E-state index is 12.2. The lowest BCUT2D eigenvalue weighted by molar-refractivity contribution is 0.0365. The number of urea groups is 1.